The Bertz CT molecular complexity index is 1750. The first-order chi connectivity index (χ1) is 18.6. The number of non-ortho nitro benzene ring substituents is 2. The van der Waals surface area contributed by atoms with Crippen LogP contribution in [0.15, 0.2) is 58.9 Å². The molecule has 0 aliphatic carbocycles. The lowest BCUT2D eigenvalue weighted by atomic mass is 9.83. The van der Waals surface area contributed by atoms with Crippen molar-refractivity contribution in [1.29, 1.82) is 0 Å². The third kappa shape index (κ3) is 4.92. The summed E-state index contributed by atoms with van der Waals surface area (Å²) in [6.45, 7) is 1.50. The molecule has 1 unspecified atom stereocenters. The first kappa shape index (κ1) is 26.9. The number of nitrogens with two attached hydrogens (primary N) is 1. The number of nitro groups is 2. The minimum atomic E-state index is -1.26. The quantitative estimate of drug-likeness (QED) is 0.255. The number of nitrogens with zero attached hydrogens (tertiary/aromatic N) is 3. The second-order valence-corrected chi connectivity index (χ2v) is 9.15. The molecule has 1 aliphatic rings. The number of nitro benzene ring substituents is 2. The van der Waals surface area contributed by atoms with E-state index < -0.39 is 33.3 Å². The summed E-state index contributed by atoms with van der Waals surface area (Å²) < 4.78 is 11.2. The minimum absolute atomic E-state index is 0.0329. The van der Waals surface area contributed by atoms with E-state index in [9.17, 15) is 34.6 Å². The number of carbonyl (C=O) groups is 2. The van der Waals surface area contributed by atoms with Gasteiger partial charge in [0.2, 0.25) is 0 Å². The Labute approximate surface area is 223 Å². The zero-order valence-electron chi connectivity index (χ0n) is 20.5. The average molecular weight is 553 g/mol. The molecule has 0 saturated heterocycles. The molecule has 1 atom stereocenters. The Morgan fingerprint density at radius 1 is 1.05 bits per heavy atom. The van der Waals surface area contributed by atoms with Crippen molar-refractivity contribution >= 4 is 52.1 Å². The van der Waals surface area contributed by atoms with Crippen molar-refractivity contribution in [2.75, 3.05) is 13.7 Å². The first-order valence-electron chi connectivity index (χ1n) is 11.3. The van der Waals surface area contributed by atoms with Crippen molar-refractivity contribution in [2.24, 2.45) is 5.73 Å². The van der Waals surface area contributed by atoms with Crippen molar-refractivity contribution in [3.63, 3.8) is 0 Å². The van der Waals surface area contributed by atoms with Gasteiger partial charge in [0.25, 0.3) is 16.9 Å². The summed E-state index contributed by atoms with van der Waals surface area (Å²) in [5, 5.41) is 22.6. The summed E-state index contributed by atoms with van der Waals surface area (Å²) in [6.07, 6.45) is 1.39. The van der Waals surface area contributed by atoms with Gasteiger partial charge in [-0.2, -0.15) is 0 Å². The van der Waals surface area contributed by atoms with Crippen molar-refractivity contribution in [2.45, 2.75) is 12.8 Å². The van der Waals surface area contributed by atoms with E-state index in [-0.39, 0.29) is 49.7 Å². The Hall–Kier alpha value is -5.11. The highest BCUT2D eigenvalue weighted by Crippen LogP contribution is 2.38. The van der Waals surface area contributed by atoms with E-state index in [0.29, 0.717) is 5.56 Å². The minimum Gasteiger partial charge on any atom is -0.466 e. The molecular weight excluding hydrogens is 532 g/mol. The maximum Gasteiger partial charge on any atom is 0.338 e. The monoisotopic (exact) mass is 552 g/mol. The zero-order valence-corrected chi connectivity index (χ0v) is 21.3. The number of ether oxygens (including phenoxy) is 2. The Morgan fingerprint density at radius 2 is 1.69 bits per heavy atom. The number of hydrogen-bond acceptors (Lipinski definition) is 11. The summed E-state index contributed by atoms with van der Waals surface area (Å²) in [5.41, 5.74) is 5.26. The van der Waals surface area contributed by atoms with Gasteiger partial charge in [0.1, 0.15) is 10.5 Å². The van der Waals surface area contributed by atoms with Gasteiger partial charge in [0, 0.05) is 24.3 Å². The molecule has 0 saturated carbocycles. The van der Waals surface area contributed by atoms with Gasteiger partial charge in [-0.25, -0.2) is 9.59 Å². The number of carbonyl (C=O) groups excluding carboxylic acids is 2. The molecular formula is C25H20N4O9S. The van der Waals surface area contributed by atoms with Crippen LogP contribution in [0.1, 0.15) is 24.0 Å². The Morgan fingerprint density at radius 3 is 2.31 bits per heavy atom. The van der Waals surface area contributed by atoms with E-state index in [4.69, 9.17) is 15.2 Å². The summed E-state index contributed by atoms with van der Waals surface area (Å²) in [6, 6.07) is 10.9. The smallest absolute Gasteiger partial charge is 0.338 e. The Kier molecular flexibility index (Phi) is 7.40. The van der Waals surface area contributed by atoms with Crippen LogP contribution in [0.2, 0.25) is 0 Å². The number of methoxy groups -OCH3 is 1. The lowest BCUT2D eigenvalue weighted by molar-refractivity contribution is -0.385. The highest BCUT2D eigenvalue weighted by molar-refractivity contribution is 7.07. The number of benzene rings is 2. The van der Waals surface area contributed by atoms with E-state index >= 15 is 0 Å². The molecule has 1 aliphatic heterocycles. The van der Waals surface area contributed by atoms with Gasteiger partial charge in [-0.05, 0) is 24.1 Å². The van der Waals surface area contributed by atoms with Crippen molar-refractivity contribution < 1.29 is 28.9 Å². The Balaban J connectivity index is 2.11. The molecule has 14 heteroatoms. The second-order valence-electron chi connectivity index (χ2n) is 8.12. The number of aromatic nitrogens is 1. The summed E-state index contributed by atoms with van der Waals surface area (Å²) in [5.74, 6) is -3.42. The number of rotatable bonds is 7. The number of esters is 2. The van der Waals surface area contributed by atoms with Crippen molar-refractivity contribution in [3.8, 4) is 0 Å². The molecule has 2 aromatic carbocycles. The fraction of sp³-hybridized carbons (Fsp3) is 0.160. The van der Waals surface area contributed by atoms with Crippen LogP contribution in [0.4, 0.5) is 11.4 Å². The predicted octanol–water partition coefficient (Wildman–Crippen LogP) is 1.37. The fourth-order valence-corrected chi connectivity index (χ4v) is 5.36. The molecule has 0 amide bonds. The van der Waals surface area contributed by atoms with Gasteiger partial charge >= 0.3 is 11.9 Å². The van der Waals surface area contributed by atoms with Gasteiger partial charge in [0.15, 0.2) is 0 Å². The molecule has 0 bridgehead atoms. The molecule has 13 nitrogen and oxygen atoms in total. The van der Waals surface area contributed by atoms with Crippen molar-refractivity contribution in [3.05, 3.63) is 105 Å². The number of fused-ring (bicyclic) bond motifs is 1. The van der Waals surface area contributed by atoms with Crippen LogP contribution in [-0.2, 0) is 19.1 Å². The average Bonchev–Trinajstić information content (AvgIpc) is 3.23. The van der Waals surface area contributed by atoms with Crippen LogP contribution in [0.5, 0.6) is 0 Å². The highest BCUT2D eigenvalue weighted by atomic mass is 32.1. The lowest BCUT2D eigenvalue weighted by Gasteiger charge is -2.26. The fourth-order valence-electron chi connectivity index (χ4n) is 4.19. The molecule has 0 radical (unpaired) electrons. The van der Waals surface area contributed by atoms with Gasteiger partial charge in [0.05, 0.1) is 45.2 Å². The van der Waals surface area contributed by atoms with Crippen LogP contribution >= 0.6 is 11.3 Å². The predicted molar refractivity (Wildman–Crippen MR) is 140 cm³/mol. The lowest BCUT2D eigenvalue weighted by Crippen LogP contribution is -2.41. The SMILES string of the molecule is CCOC(=O)C1=C(N)n2c(s/c(=C/c3cccc([N+](=O)[O-])c3)c2=O)=C(C(=O)OC)C1c1cccc([N+](=O)[O-])c1. The summed E-state index contributed by atoms with van der Waals surface area (Å²) in [4.78, 5) is 61.2. The van der Waals surface area contributed by atoms with E-state index in [0.717, 1.165) is 23.0 Å². The third-order valence-electron chi connectivity index (χ3n) is 5.84. The van der Waals surface area contributed by atoms with Gasteiger partial charge in [-0.1, -0.05) is 24.3 Å². The summed E-state index contributed by atoms with van der Waals surface area (Å²) >= 11 is 0.850. The van der Waals surface area contributed by atoms with Crippen molar-refractivity contribution in [1.82, 2.24) is 4.57 Å². The molecule has 3 aromatic rings. The largest absolute Gasteiger partial charge is 0.466 e. The van der Waals surface area contributed by atoms with E-state index in [1.807, 2.05) is 0 Å². The molecule has 2 N–H and O–H groups in total. The van der Waals surface area contributed by atoms with E-state index in [1.54, 1.807) is 13.0 Å². The van der Waals surface area contributed by atoms with Gasteiger partial charge < -0.3 is 15.2 Å². The standard InChI is InChI=1S/C25H20N4O9S/c1-3-38-25(32)19-18(14-7-5-9-16(12-14)29(35)36)20(24(31)37-2)23-27(21(19)26)22(30)17(39-23)11-13-6-4-8-15(10-13)28(33)34/h4-12,18H,3,26H2,1-2H3/b17-11+. The molecule has 200 valence electrons. The maximum atomic E-state index is 13.5. The molecule has 0 spiro atoms. The first-order valence-corrected chi connectivity index (χ1v) is 12.1. The third-order valence-corrected chi connectivity index (χ3v) is 6.95. The molecule has 1 aromatic heterocycles. The van der Waals surface area contributed by atoms with Crippen LogP contribution < -0.4 is 20.5 Å². The number of hydrogen-bond donors (Lipinski definition) is 1. The van der Waals surface area contributed by atoms with E-state index in [1.165, 1.54) is 48.5 Å². The van der Waals surface area contributed by atoms with Gasteiger partial charge in [-0.15, -0.1) is 11.3 Å². The van der Waals surface area contributed by atoms with Crippen LogP contribution in [0, 0.1) is 20.2 Å². The zero-order chi connectivity index (χ0) is 28.4. The maximum absolute atomic E-state index is 13.5. The van der Waals surface area contributed by atoms with Gasteiger partial charge in [-0.3, -0.25) is 29.6 Å². The second kappa shape index (κ2) is 10.7. The molecule has 2 heterocycles. The topological polar surface area (TPSA) is 187 Å². The molecule has 0 fully saturated rings. The van der Waals surface area contributed by atoms with Crippen LogP contribution in [-0.4, -0.2) is 40.1 Å². The normalized spacial score (nSPS) is 15.1. The molecule has 39 heavy (non-hydrogen) atoms. The van der Waals surface area contributed by atoms with Crippen LogP contribution in [0.25, 0.3) is 17.5 Å². The van der Waals surface area contributed by atoms with E-state index in [2.05, 4.69) is 0 Å². The van der Waals surface area contributed by atoms with Crippen LogP contribution in [0.3, 0.4) is 0 Å². The molecule has 4 rings (SSSR count). The number of thiazole rings is 1. The summed E-state index contributed by atoms with van der Waals surface area (Å²) in [7, 11) is 1.11. The highest BCUT2D eigenvalue weighted by Gasteiger charge is 2.40.